The van der Waals surface area contributed by atoms with Crippen LogP contribution in [0.25, 0.3) is 0 Å². The molecule has 4 atom stereocenters. The van der Waals surface area contributed by atoms with Crippen molar-refractivity contribution in [3.05, 3.63) is 12.2 Å². The molecule has 8 heteroatoms. The first-order chi connectivity index (χ1) is 11.4. The number of esters is 1. The SMILES string of the molecule is CC(CO)(CO)C(=O)OCCCN1C(=O)C2C(C1=O)[C@H]1C=C[C@@H]2O1. The van der Waals surface area contributed by atoms with Gasteiger partial charge in [-0.15, -0.1) is 0 Å². The number of ether oxygens (including phenoxy) is 2. The molecule has 2 unspecified atom stereocenters. The highest BCUT2D eigenvalue weighted by Crippen LogP contribution is 2.44. The van der Waals surface area contributed by atoms with Gasteiger partial charge in [0, 0.05) is 6.54 Å². The van der Waals surface area contributed by atoms with Gasteiger partial charge in [0.25, 0.3) is 0 Å². The van der Waals surface area contributed by atoms with E-state index in [1.165, 1.54) is 11.8 Å². The van der Waals surface area contributed by atoms with Crippen molar-refractivity contribution in [3.8, 4) is 0 Å². The van der Waals surface area contributed by atoms with Gasteiger partial charge in [0.1, 0.15) is 5.41 Å². The molecular formula is C16H21NO7. The van der Waals surface area contributed by atoms with Crippen LogP contribution in [0, 0.1) is 17.3 Å². The highest BCUT2D eigenvalue weighted by atomic mass is 16.5. The molecule has 0 aromatic carbocycles. The van der Waals surface area contributed by atoms with Crippen molar-refractivity contribution in [1.82, 2.24) is 4.90 Å². The highest BCUT2D eigenvalue weighted by molar-refractivity contribution is 6.06. The molecule has 2 fully saturated rings. The van der Waals surface area contributed by atoms with E-state index in [4.69, 9.17) is 19.7 Å². The summed E-state index contributed by atoms with van der Waals surface area (Å²) in [5, 5.41) is 18.3. The zero-order valence-electron chi connectivity index (χ0n) is 13.4. The third-order valence-corrected chi connectivity index (χ3v) is 4.95. The van der Waals surface area contributed by atoms with Gasteiger partial charge in [-0.05, 0) is 13.3 Å². The molecule has 0 aliphatic carbocycles. The first-order valence-electron chi connectivity index (χ1n) is 8.01. The van der Waals surface area contributed by atoms with Gasteiger partial charge in [0.05, 0.1) is 43.9 Å². The van der Waals surface area contributed by atoms with E-state index in [0.717, 1.165) is 0 Å². The maximum absolute atomic E-state index is 12.4. The van der Waals surface area contributed by atoms with E-state index in [0.29, 0.717) is 6.42 Å². The number of fused-ring (bicyclic) bond motifs is 5. The number of aliphatic hydroxyl groups excluding tert-OH is 2. The first kappa shape index (κ1) is 17.1. The van der Waals surface area contributed by atoms with Crippen molar-refractivity contribution in [2.45, 2.75) is 25.6 Å². The molecule has 0 radical (unpaired) electrons. The number of carbonyl (C=O) groups excluding carboxylic acids is 3. The monoisotopic (exact) mass is 339 g/mol. The number of hydrogen-bond acceptors (Lipinski definition) is 7. The van der Waals surface area contributed by atoms with Crippen LogP contribution in [0.1, 0.15) is 13.3 Å². The standard InChI is InChI=1S/C16H21NO7/c1-16(7-18,8-19)15(22)23-6-2-5-17-13(20)11-9-3-4-10(24-9)12(11)14(17)21/h3-4,9-12,18-19H,2,5-8H2,1H3/t9-,10+,11?,12?. The molecule has 0 aromatic rings. The Labute approximate surface area is 139 Å². The summed E-state index contributed by atoms with van der Waals surface area (Å²) >= 11 is 0. The Balaban J connectivity index is 1.49. The molecule has 2 amide bonds. The number of likely N-dealkylation sites (tertiary alicyclic amines) is 1. The average Bonchev–Trinajstić information content (AvgIpc) is 3.26. The average molecular weight is 339 g/mol. The van der Waals surface area contributed by atoms with E-state index >= 15 is 0 Å². The molecule has 0 saturated carbocycles. The summed E-state index contributed by atoms with van der Waals surface area (Å²) < 4.78 is 10.6. The number of carbonyl (C=O) groups is 3. The van der Waals surface area contributed by atoms with Crippen LogP contribution in [-0.2, 0) is 23.9 Å². The normalized spacial score (nSPS) is 31.0. The van der Waals surface area contributed by atoms with Gasteiger partial charge >= 0.3 is 5.97 Å². The Morgan fingerprint density at radius 1 is 1.21 bits per heavy atom. The van der Waals surface area contributed by atoms with E-state index in [-0.39, 0.29) is 37.2 Å². The van der Waals surface area contributed by atoms with Gasteiger partial charge in [0.15, 0.2) is 0 Å². The van der Waals surface area contributed by atoms with Crippen molar-refractivity contribution in [3.63, 3.8) is 0 Å². The lowest BCUT2D eigenvalue weighted by atomic mass is 9.85. The van der Waals surface area contributed by atoms with Gasteiger partial charge in [0.2, 0.25) is 11.8 Å². The summed E-state index contributed by atoms with van der Waals surface area (Å²) in [5.74, 6) is -2.03. The van der Waals surface area contributed by atoms with Gasteiger partial charge in [-0.1, -0.05) is 12.2 Å². The van der Waals surface area contributed by atoms with Crippen LogP contribution in [-0.4, -0.2) is 71.5 Å². The predicted octanol–water partition coefficient (Wildman–Crippen LogP) is -1.15. The van der Waals surface area contributed by atoms with Crippen LogP contribution in [0.15, 0.2) is 12.2 Å². The summed E-state index contributed by atoms with van der Waals surface area (Å²) in [6, 6.07) is 0. The topological polar surface area (TPSA) is 113 Å². The zero-order chi connectivity index (χ0) is 17.5. The lowest BCUT2D eigenvalue weighted by Gasteiger charge is -2.22. The second kappa shape index (κ2) is 6.27. The predicted molar refractivity (Wildman–Crippen MR) is 79.4 cm³/mol. The summed E-state index contributed by atoms with van der Waals surface area (Å²) in [5.41, 5.74) is -1.35. The molecule has 3 aliphatic heterocycles. The van der Waals surface area contributed by atoms with Crippen LogP contribution < -0.4 is 0 Å². The lowest BCUT2D eigenvalue weighted by Crippen LogP contribution is -2.38. The Hall–Kier alpha value is -1.77. The molecule has 3 rings (SSSR count). The van der Waals surface area contributed by atoms with Gasteiger partial charge in [-0.3, -0.25) is 19.3 Å². The second-order valence-electron chi connectivity index (χ2n) is 6.70. The number of hydrogen-bond donors (Lipinski definition) is 2. The van der Waals surface area contributed by atoms with Gasteiger partial charge in [-0.2, -0.15) is 0 Å². The van der Waals surface area contributed by atoms with Crippen LogP contribution in [0.4, 0.5) is 0 Å². The fourth-order valence-corrected chi connectivity index (χ4v) is 3.33. The molecule has 2 bridgehead atoms. The second-order valence-corrected chi connectivity index (χ2v) is 6.70. The summed E-state index contributed by atoms with van der Waals surface area (Å²) in [6.07, 6.45) is 3.34. The van der Waals surface area contributed by atoms with E-state index in [1.54, 1.807) is 0 Å². The minimum absolute atomic E-state index is 0.00240. The minimum atomic E-state index is -1.35. The third kappa shape index (κ3) is 2.54. The molecule has 8 nitrogen and oxygen atoms in total. The fraction of sp³-hybridized carbons (Fsp3) is 0.688. The highest BCUT2D eigenvalue weighted by Gasteiger charge is 2.60. The van der Waals surface area contributed by atoms with E-state index < -0.39 is 36.4 Å². The summed E-state index contributed by atoms with van der Waals surface area (Å²) in [7, 11) is 0. The number of aliphatic hydroxyl groups is 2. The molecule has 2 N–H and O–H groups in total. The molecule has 3 heterocycles. The number of nitrogens with zero attached hydrogens (tertiary/aromatic N) is 1. The number of rotatable bonds is 7. The van der Waals surface area contributed by atoms with Crippen molar-refractivity contribution in [2.75, 3.05) is 26.4 Å². The van der Waals surface area contributed by atoms with Crippen LogP contribution in [0.3, 0.4) is 0 Å². The number of imide groups is 1. The van der Waals surface area contributed by atoms with E-state index in [2.05, 4.69) is 0 Å². The number of amides is 2. The van der Waals surface area contributed by atoms with Crippen LogP contribution in [0.2, 0.25) is 0 Å². The van der Waals surface area contributed by atoms with Crippen molar-refractivity contribution >= 4 is 17.8 Å². The molecule has 2 saturated heterocycles. The molecule has 24 heavy (non-hydrogen) atoms. The Morgan fingerprint density at radius 3 is 2.25 bits per heavy atom. The maximum Gasteiger partial charge on any atom is 0.316 e. The zero-order valence-corrected chi connectivity index (χ0v) is 13.4. The van der Waals surface area contributed by atoms with Crippen LogP contribution in [0.5, 0.6) is 0 Å². The first-order valence-corrected chi connectivity index (χ1v) is 8.01. The molecule has 0 spiro atoms. The quantitative estimate of drug-likeness (QED) is 0.260. The molecule has 0 aromatic heterocycles. The smallest absolute Gasteiger partial charge is 0.316 e. The van der Waals surface area contributed by atoms with Crippen LogP contribution >= 0.6 is 0 Å². The largest absolute Gasteiger partial charge is 0.465 e. The minimum Gasteiger partial charge on any atom is -0.465 e. The third-order valence-electron chi connectivity index (χ3n) is 4.95. The van der Waals surface area contributed by atoms with Gasteiger partial charge < -0.3 is 19.7 Å². The fourth-order valence-electron chi connectivity index (χ4n) is 3.33. The van der Waals surface area contributed by atoms with E-state index in [9.17, 15) is 14.4 Å². The Morgan fingerprint density at radius 2 is 1.75 bits per heavy atom. The summed E-state index contributed by atoms with van der Waals surface area (Å²) in [4.78, 5) is 37.8. The Kier molecular flexibility index (Phi) is 4.46. The van der Waals surface area contributed by atoms with Crippen molar-refractivity contribution < 1.29 is 34.1 Å². The Bertz CT molecular complexity index is 553. The van der Waals surface area contributed by atoms with E-state index in [1.807, 2.05) is 12.2 Å². The maximum atomic E-state index is 12.4. The van der Waals surface area contributed by atoms with Crippen molar-refractivity contribution in [1.29, 1.82) is 0 Å². The van der Waals surface area contributed by atoms with Gasteiger partial charge in [-0.25, -0.2) is 0 Å². The summed E-state index contributed by atoms with van der Waals surface area (Å²) in [6.45, 7) is 0.525. The van der Waals surface area contributed by atoms with Crippen molar-refractivity contribution in [2.24, 2.45) is 17.3 Å². The molecule has 3 aliphatic rings. The lowest BCUT2D eigenvalue weighted by molar-refractivity contribution is -0.160. The molecule has 132 valence electrons. The molecular weight excluding hydrogens is 318 g/mol.